The first-order valence-electron chi connectivity index (χ1n) is 11.3. The van der Waals surface area contributed by atoms with Gasteiger partial charge in [-0.05, 0) is 48.4 Å². The average Bonchev–Trinajstić information content (AvgIpc) is 2.89. The molecular weight excluding hydrogens is 488 g/mol. The van der Waals surface area contributed by atoms with E-state index in [1.165, 1.54) is 78.7 Å². The topological polar surface area (TPSA) is 86.8 Å². The van der Waals surface area contributed by atoms with Crippen LogP contribution in [0, 0.1) is 11.6 Å². The number of hydrogen-bond donors (Lipinski definition) is 1. The number of hydrogen-bond acceptors (Lipinski definition) is 4. The molecule has 0 bridgehead atoms. The van der Waals surface area contributed by atoms with Crippen molar-refractivity contribution in [2.75, 3.05) is 17.9 Å². The van der Waals surface area contributed by atoms with E-state index >= 15 is 0 Å². The summed E-state index contributed by atoms with van der Waals surface area (Å²) in [5, 5.41) is 2.51. The zero-order chi connectivity index (χ0) is 26.3. The van der Waals surface area contributed by atoms with Gasteiger partial charge in [-0.15, -0.1) is 0 Å². The van der Waals surface area contributed by atoms with E-state index in [1.54, 1.807) is 13.0 Å². The molecule has 0 radical (unpaired) electrons. The lowest BCUT2D eigenvalue weighted by Crippen LogP contribution is -2.51. The third-order valence-electron chi connectivity index (χ3n) is 5.63. The molecule has 1 atom stereocenters. The average molecular weight is 516 g/mol. The lowest BCUT2D eigenvalue weighted by atomic mass is 10.1. The van der Waals surface area contributed by atoms with Gasteiger partial charge in [0.2, 0.25) is 11.8 Å². The fourth-order valence-electron chi connectivity index (χ4n) is 3.76. The molecule has 10 heteroatoms. The predicted molar refractivity (Wildman–Crippen MR) is 132 cm³/mol. The maximum Gasteiger partial charge on any atom is 0.264 e. The van der Waals surface area contributed by atoms with Gasteiger partial charge in [0.15, 0.2) is 0 Å². The Balaban J connectivity index is 2.05. The van der Waals surface area contributed by atoms with Gasteiger partial charge >= 0.3 is 0 Å². The minimum atomic E-state index is -4.35. The predicted octanol–water partition coefficient (Wildman–Crippen LogP) is 3.71. The first-order valence-corrected chi connectivity index (χ1v) is 12.7. The fraction of sp³-hybridized carbons (Fsp3) is 0.231. The Morgan fingerprint density at radius 1 is 0.917 bits per heavy atom. The Bertz CT molecular complexity index is 1300. The van der Waals surface area contributed by atoms with Gasteiger partial charge in [0, 0.05) is 13.6 Å². The summed E-state index contributed by atoms with van der Waals surface area (Å²) in [6, 6.07) is 17.1. The standard InChI is InChI=1S/C26H27F2N3O4S/c1-3-23(26(33)29-2)30(17-19-13-15-20(27)16-14-19)25(32)18-31(24-12-8-7-11-22(24)28)36(34,35)21-9-5-4-6-10-21/h4-16,23H,3,17-18H2,1-2H3,(H,29,33). The van der Waals surface area contributed by atoms with Crippen molar-refractivity contribution < 1.29 is 26.8 Å². The van der Waals surface area contributed by atoms with Crippen molar-refractivity contribution >= 4 is 27.5 Å². The van der Waals surface area contributed by atoms with E-state index in [1.807, 2.05) is 0 Å². The number of nitrogens with zero attached hydrogens (tertiary/aromatic N) is 2. The molecule has 190 valence electrons. The Labute approximate surface area is 209 Å². The molecule has 1 N–H and O–H groups in total. The van der Waals surface area contributed by atoms with Crippen LogP contribution in [0.25, 0.3) is 0 Å². The number of carbonyl (C=O) groups excluding carboxylic acids is 2. The minimum absolute atomic E-state index is 0.0818. The molecular formula is C26H27F2N3O4S. The summed E-state index contributed by atoms with van der Waals surface area (Å²) < 4.78 is 56.0. The number of para-hydroxylation sites is 1. The molecule has 36 heavy (non-hydrogen) atoms. The zero-order valence-electron chi connectivity index (χ0n) is 19.9. The summed E-state index contributed by atoms with van der Waals surface area (Å²) in [5.41, 5.74) is 0.236. The lowest BCUT2D eigenvalue weighted by molar-refractivity contribution is -0.140. The molecule has 0 aromatic heterocycles. The summed E-state index contributed by atoms with van der Waals surface area (Å²) in [5.74, 6) is -2.46. The third-order valence-corrected chi connectivity index (χ3v) is 7.40. The van der Waals surface area contributed by atoms with Crippen LogP contribution in [-0.4, -0.2) is 44.8 Å². The summed E-state index contributed by atoms with van der Waals surface area (Å²) in [7, 11) is -2.92. The Kier molecular flexibility index (Phi) is 8.76. The van der Waals surface area contributed by atoms with Crippen molar-refractivity contribution in [2.24, 2.45) is 0 Å². The monoisotopic (exact) mass is 515 g/mol. The molecule has 1 unspecified atom stereocenters. The quantitative estimate of drug-likeness (QED) is 0.446. The Hall–Kier alpha value is -3.79. The van der Waals surface area contributed by atoms with Gasteiger partial charge in [-0.2, -0.15) is 0 Å². The van der Waals surface area contributed by atoms with Gasteiger partial charge in [-0.25, -0.2) is 17.2 Å². The molecule has 3 aromatic rings. The molecule has 0 saturated carbocycles. The van der Waals surface area contributed by atoms with Crippen LogP contribution in [0.5, 0.6) is 0 Å². The van der Waals surface area contributed by atoms with E-state index in [0.717, 1.165) is 6.07 Å². The third kappa shape index (κ3) is 6.06. The smallest absolute Gasteiger partial charge is 0.264 e. The molecule has 3 rings (SSSR count). The van der Waals surface area contributed by atoms with Gasteiger partial charge in [-0.3, -0.25) is 13.9 Å². The van der Waals surface area contributed by atoms with Gasteiger partial charge in [-0.1, -0.05) is 49.4 Å². The highest BCUT2D eigenvalue weighted by Crippen LogP contribution is 2.27. The molecule has 0 aliphatic heterocycles. The van der Waals surface area contributed by atoms with E-state index in [0.29, 0.717) is 9.87 Å². The van der Waals surface area contributed by atoms with Crippen LogP contribution in [0.15, 0.2) is 83.8 Å². The second-order valence-corrected chi connectivity index (χ2v) is 9.82. The molecule has 0 aliphatic carbocycles. The number of carbonyl (C=O) groups is 2. The highest BCUT2D eigenvalue weighted by atomic mass is 32.2. The number of benzene rings is 3. The maximum atomic E-state index is 14.8. The molecule has 0 saturated heterocycles. The number of nitrogens with one attached hydrogen (secondary N) is 1. The maximum absolute atomic E-state index is 14.8. The van der Waals surface area contributed by atoms with Crippen LogP contribution < -0.4 is 9.62 Å². The number of rotatable bonds is 10. The Morgan fingerprint density at radius 3 is 2.11 bits per heavy atom. The van der Waals surface area contributed by atoms with Crippen LogP contribution in [-0.2, 0) is 26.2 Å². The highest BCUT2D eigenvalue weighted by molar-refractivity contribution is 7.92. The van der Waals surface area contributed by atoms with E-state index in [4.69, 9.17) is 0 Å². The van der Waals surface area contributed by atoms with E-state index in [2.05, 4.69) is 5.32 Å². The molecule has 3 aromatic carbocycles. The number of halogens is 2. The van der Waals surface area contributed by atoms with E-state index in [9.17, 15) is 26.8 Å². The lowest BCUT2D eigenvalue weighted by Gasteiger charge is -2.33. The van der Waals surface area contributed by atoms with Crippen molar-refractivity contribution in [1.82, 2.24) is 10.2 Å². The molecule has 0 fully saturated rings. The van der Waals surface area contributed by atoms with Crippen molar-refractivity contribution in [3.63, 3.8) is 0 Å². The second kappa shape index (κ2) is 11.8. The molecule has 0 aliphatic rings. The van der Waals surface area contributed by atoms with E-state index < -0.39 is 46.1 Å². The summed E-state index contributed by atoms with van der Waals surface area (Å²) in [6.07, 6.45) is 0.234. The minimum Gasteiger partial charge on any atom is -0.357 e. The summed E-state index contributed by atoms with van der Waals surface area (Å²) >= 11 is 0. The molecule has 0 spiro atoms. The van der Waals surface area contributed by atoms with Gasteiger partial charge in [0.25, 0.3) is 10.0 Å². The second-order valence-electron chi connectivity index (χ2n) is 7.96. The normalized spacial score (nSPS) is 12.0. The zero-order valence-corrected chi connectivity index (χ0v) is 20.7. The number of likely N-dealkylation sites (N-methyl/N-ethyl adjacent to an activating group) is 1. The Morgan fingerprint density at radius 2 is 1.53 bits per heavy atom. The summed E-state index contributed by atoms with van der Waals surface area (Å²) in [4.78, 5) is 27.4. The largest absolute Gasteiger partial charge is 0.357 e. The van der Waals surface area contributed by atoms with Crippen LogP contribution in [0.2, 0.25) is 0 Å². The molecule has 2 amide bonds. The van der Waals surface area contributed by atoms with Gasteiger partial charge in [0.1, 0.15) is 24.2 Å². The van der Waals surface area contributed by atoms with Gasteiger partial charge in [0.05, 0.1) is 10.6 Å². The van der Waals surface area contributed by atoms with Crippen LogP contribution in [0.3, 0.4) is 0 Å². The first kappa shape index (κ1) is 26.8. The fourth-order valence-corrected chi connectivity index (χ4v) is 5.20. The van der Waals surface area contributed by atoms with Crippen LogP contribution in [0.1, 0.15) is 18.9 Å². The van der Waals surface area contributed by atoms with Gasteiger partial charge < -0.3 is 10.2 Å². The number of amides is 2. The molecule has 7 nitrogen and oxygen atoms in total. The van der Waals surface area contributed by atoms with Crippen LogP contribution >= 0.6 is 0 Å². The van der Waals surface area contributed by atoms with Crippen molar-refractivity contribution in [3.8, 4) is 0 Å². The number of sulfonamides is 1. The van der Waals surface area contributed by atoms with Crippen molar-refractivity contribution in [1.29, 1.82) is 0 Å². The SMILES string of the molecule is CCC(C(=O)NC)N(Cc1ccc(F)cc1)C(=O)CN(c1ccccc1F)S(=O)(=O)c1ccccc1. The van der Waals surface area contributed by atoms with E-state index in [-0.39, 0.29) is 23.5 Å². The van der Waals surface area contributed by atoms with Crippen molar-refractivity contribution in [2.45, 2.75) is 30.8 Å². The summed E-state index contributed by atoms with van der Waals surface area (Å²) in [6.45, 7) is 0.870. The number of anilines is 1. The first-order chi connectivity index (χ1) is 17.2. The van der Waals surface area contributed by atoms with Crippen LogP contribution in [0.4, 0.5) is 14.5 Å². The van der Waals surface area contributed by atoms with Crippen molar-refractivity contribution in [3.05, 3.63) is 96.1 Å². The highest BCUT2D eigenvalue weighted by Gasteiger charge is 2.34. The molecule has 0 heterocycles.